The molecule has 0 aromatic carbocycles. The Morgan fingerprint density at radius 2 is 1.35 bits per heavy atom. The van der Waals surface area contributed by atoms with Gasteiger partial charge in [0.05, 0.1) is 0 Å². The second kappa shape index (κ2) is 9.18. The van der Waals surface area contributed by atoms with Gasteiger partial charge in [0.1, 0.15) is 0 Å². The molecule has 0 fully saturated rings. The van der Waals surface area contributed by atoms with E-state index in [4.69, 9.17) is 0 Å². The van der Waals surface area contributed by atoms with Gasteiger partial charge in [0.2, 0.25) is 0 Å². The zero-order valence-electron chi connectivity index (χ0n) is 14.0. The van der Waals surface area contributed by atoms with E-state index < -0.39 is 0 Å². The van der Waals surface area contributed by atoms with Gasteiger partial charge in [0.15, 0.2) is 0 Å². The molecule has 0 rings (SSSR count). The Bertz CT molecular complexity index is 319. The Labute approximate surface area is 134 Å². The number of rotatable bonds is 10. The summed E-state index contributed by atoms with van der Waals surface area (Å²) >= 11 is -0.208. The predicted molar refractivity (Wildman–Crippen MR) is 86.5 cm³/mol. The quantitative estimate of drug-likeness (QED) is 0.455. The van der Waals surface area contributed by atoms with Crippen LogP contribution in [0.1, 0.15) is 60.3 Å². The molecule has 0 aliphatic carbocycles. The van der Waals surface area contributed by atoms with Gasteiger partial charge in [-0.3, -0.25) is 0 Å². The van der Waals surface area contributed by atoms with Crippen molar-refractivity contribution in [2.45, 2.75) is 68.7 Å². The number of Topliss-reactive ketones (excluding diaryl/α,β-unsaturated/α-hetero) is 2. The van der Waals surface area contributed by atoms with Crippen molar-refractivity contribution < 1.29 is 9.59 Å². The summed E-state index contributed by atoms with van der Waals surface area (Å²) in [6.07, 6.45) is 3.11. The van der Waals surface area contributed by atoms with Gasteiger partial charge < -0.3 is 0 Å². The first-order chi connectivity index (χ1) is 9.11. The number of nitrogens with one attached hydrogen (secondary N) is 1. The molecule has 0 aliphatic heterocycles. The van der Waals surface area contributed by atoms with Crippen molar-refractivity contribution in [1.82, 2.24) is 5.32 Å². The van der Waals surface area contributed by atoms with Gasteiger partial charge in [-0.25, -0.2) is 0 Å². The van der Waals surface area contributed by atoms with E-state index in [9.17, 15) is 9.59 Å². The molecule has 0 aromatic heterocycles. The molecule has 0 bridgehead atoms. The van der Waals surface area contributed by atoms with Crippen molar-refractivity contribution in [2.24, 2.45) is 5.41 Å². The molecular formula is C16H31NO2Te. The first kappa shape index (κ1) is 20.1. The van der Waals surface area contributed by atoms with E-state index in [0.717, 1.165) is 25.9 Å². The minimum atomic E-state index is -0.220. The Morgan fingerprint density at radius 1 is 0.900 bits per heavy atom. The maximum atomic E-state index is 11.9. The van der Waals surface area contributed by atoms with E-state index in [1.807, 2.05) is 20.8 Å². The molecule has 1 N–H and O–H groups in total. The third-order valence-corrected chi connectivity index (χ3v) is 7.10. The molecule has 0 saturated carbocycles. The van der Waals surface area contributed by atoms with Crippen LogP contribution in [0.5, 0.6) is 0 Å². The molecule has 0 aromatic rings. The third kappa shape index (κ3) is 8.39. The van der Waals surface area contributed by atoms with Crippen LogP contribution in [0.25, 0.3) is 0 Å². The van der Waals surface area contributed by atoms with Crippen LogP contribution in [-0.2, 0) is 9.59 Å². The molecule has 0 heterocycles. The van der Waals surface area contributed by atoms with Crippen molar-refractivity contribution >= 4 is 32.5 Å². The van der Waals surface area contributed by atoms with Crippen molar-refractivity contribution in [1.29, 1.82) is 0 Å². The van der Waals surface area contributed by atoms with Crippen molar-refractivity contribution in [2.75, 3.05) is 13.1 Å². The SMILES string of the molecule is C[Te]C(C)(C)C(=O)CCCNCCCC(=O)C(C)(C)C. The van der Waals surface area contributed by atoms with E-state index >= 15 is 0 Å². The summed E-state index contributed by atoms with van der Waals surface area (Å²) in [5, 5.41) is 3.32. The summed E-state index contributed by atoms with van der Waals surface area (Å²) in [5.41, 5.74) is -0.220. The Hall–Kier alpha value is 0.0896. The number of carbonyl (C=O) groups is 2. The van der Waals surface area contributed by atoms with E-state index in [-0.39, 0.29) is 29.8 Å². The number of carbonyl (C=O) groups excluding carboxylic acids is 2. The molecule has 20 heavy (non-hydrogen) atoms. The number of hydrogen-bond donors (Lipinski definition) is 1. The van der Waals surface area contributed by atoms with Crippen LogP contribution in [0.15, 0.2) is 0 Å². The fourth-order valence-corrected chi connectivity index (χ4v) is 2.60. The van der Waals surface area contributed by atoms with E-state index in [1.54, 1.807) is 0 Å². The van der Waals surface area contributed by atoms with Gasteiger partial charge in [-0.05, 0) is 0 Å². The van der Waals surface area contributed by atoms with Crippen LogP contribution < -0.4 is 5.32 Å². The van der Waals surface area contributed by atoms with Crippen LogP contribution in [0.4, 0.5) is 0 Å². The van der Waals surface area contributed by atoms with Crippen molar-refractivity contribution in [3.63, 3.8) is 0 Å². The average molecular weight is 397 g/mol. The zero-order valence-corrected chi connectivity index (χ0v) is 16.3. The number of hydrogen-bond acceptors (Lipinski definition) is 3. The summed E-state index contributed by atoms with van der Waals surface area (Å²) in [4.78, 5) is 25.8. The molecule has 3 nitrogen and oxygen atoms in total. The maximum absolute atomic E-state index is 11.9. The minimum absolute atomic E-state index is 0.0514. The molecule has 0 radical (unpaired) electrons. The molecule has 0 unspecified atom stereocenters. The van der Waals surface area contributed by atoms with Gasteiger partial charge in [-0.15, -0.1) is 0 Å². The van der Waals surface area contributed by atoms with E-state index in [1.165, 1.54) is 0 Å². The second-order valence-electron chi connectivity index (χ2n) is 6.77. The van der Waals surface area contributed by atoms with Crippen LogP contribution in [0.3, 0.4) is 0 Å². The molecule has 0 saturated heterocycles. The Kier molecular flexibility index (Phi) is 9.22. The summed E-state index contributed by atoms with van der Waals surface area (Å²) in [5.74, 6) is 0.732. The van der Waals surface area contributed by atoms with Gasteiger partial charge in [0, 0.05) is 0 Å². The molecule has 118 valence electrons. The molecule has 0 atom stereocenters. The van der Waals surface area contributed by atoms with E-state index in [0.29, 0.717) is 24.4 Å². The summed E-state index contributed by atoms with van der Waals surface area (Å²) in [6, 6.07) is 0. The summed E-state index contributed by atoms with van der Waals surface area (Å²) < 4.78 is -0.0514. The molecule has 4 heteroatoms. The predicted octanol–water partition coefficient (Wildman–Crippen LogP) is 3.27. The van der Waals surface area contributed by atoms with Crippen LogP contribution in [-0.4, -0.2) is 45.6 Å². The van der Waals surface area contributed by atoms with Crippen molar-refractivity contribution in [3.05, 3.63) is 0 Å². The molecule has 0 aliphatic rings. The van der Waals surface area contributed by atoms with E-state index in [2.05, 4.69) is 24.1 Å². The molecular weight excluding hydrogens is 366 g/mol. The topological polar surface area (TPSA) is 46.2 Å². The van der Waals surface area contributed by atoms with Crippen LogP contribution >= 0.6 is 0 Å². The first-order valence-electron chi connectivity index (χ1n) is 7.43. The average Bonchev–Trinajstić information content (AvgIpc) is 2.35. The monoisotopic (exact) mass is 399 g/mol. The third-order valence-electron chi connectivity index (χ3n) is 3.53. The zero-order chi connectivity index (χ0) is 15.8. The fraction of sp³-hybridized carbons (Fsp3) is 0.875. The first-order valence-corrected chi connectivity index (χ1v) is 10.9. The molecule has 0 amide bonds. The van der Waals surface area contributed by atoms with Crippen molar-refractivity contribution in [3.8, 4) is 0 Å². The van der Waals surface area contributed by atoms with Crippen LogP contribution in [0.2, 0.25) is 8.43 Å². The fourth-order valence-electron chi connectivity index (χ4n) is 1.66. The van der Waals surface area contributed by atoms with Crippen LogP contribution in [0, 0.1) is 5.41 Å². The summed E-state index contributed by atoms with van der Waals surface area (Å²) in [7, 11) is 0. The van der Waals surface area contributed by atoms with Gasteiger partial charge in [-0.1, -0.05) is 0 Å². The standard InChI is InChI=1S/C16H31NO2Te/c1-15(2,3)13(18)9-7-11-17-12-8-10-14(19)16(4,5)20-6/h17H,7-12H2,1-6H3. The second-order valence-corrected chi connectivity index (χ2v) is 10.8. The Balaban J connectivity index is 3.60. The Morgan fingerprint density at radius 3 is 1.75 bits per heavy atom. The van der Waals surface area contributed by atoms with Gasteiger partial charge in [0.25, 0.3) is 0 Å². The van der Waals surface area contributed by atoms with Gasteiger partial charge in [-0.2, -0.15) is 0 Å². The van der Waals surface area contributed by atoms with Gasteiger partial charge >= 0.3 is 135 Å². The summed E-state index contributed by atoms with van der Waals surface area (Å²) in [6.45, 7) is 11.8. The number of ketones is 2. The normalized spacial score (nSPS) is 12.5. The molecule has 0 spiro atoms.